The van der Waals surface area contributed by atoms with E-state index >= 15 is 0 Å². The molecule has 0 saturated carbocycles. The molecule has 0 atom stereocenters. The number of benzene rings is 1. The van der Waals surface area contributed by atoms with Crippen LogP contribution in [0.4, 0.5) is 5.69 Å². The second-order valence-electron chi connectivity index (χ2n) is 7.20. The summed E-state index contributed by atoms with van der Waals surface area (Å²) in [6.45, 7) is 7.95. The van der Waals surface area contributed by atoms with Crippen LogP contribution in [0.2, 0.25) is 0 Å². The number of aryl methyl sites for hydroxylation is 3. The van der Waals surface area contributed by atoms with Crippen molar-refractivity contribution in [3.8, 4) is 0 Å². The summed E-state index contributed by atoms with van der Waals surface area (Å²) in [7, 11) is 0. The van der Waals surface area contributed by atoms with Crippen molar-refractivity contribution < 1.29 is 0 Å². The summed E-state index contributed by atoms with van der Waals surface area (Å²) >= 11 is 2.04. The van der Waals surface area contributed by atoms with Crippen molar-refractivity contribution in [2.75, 3.05) is 43.4 Å². The standard InChI is InChI=1S/C20H28N4S/c1-16-4-6-17(7-5-16)24-12-10-23(11-13-24)9-2-3-19-18-15-25-14-8-20(18)22-21-19/h4-7H,2-3,8-15H2,1H3,(H,21,22). The van der Waals surface area contributed by atoms with Crippen molar-refractivity contribution in [3.63, 3.8) is 0 Å². The molecular formula is C20H28N4S. The Morgan fingerprint density at radius 3 is 2.72 bits per heavy atom. The maximum atomic E-state index is 4.57. The summed E-state index contributed by atoms with van der Waals surface area (Å²) in [5, 5.41) is 7.83. The summed E-state index contributed by atoms with van der Waals surface area (Å²) < 4.78 is 0. The highest BCUT2D eigenvalue weighted by molar-refractivity contribution is 7.98. The molecule has 1 aromatic carbocycles. The van der Waals surface area contributed by atoms with E-state index in [0.29, 0.717) is 0 Å². The molecule has 1 fully saturated rings. The molecule has 2 aromatic rings. The average Bonchev–Trinajstić information content (AvgIpc) is 3.06. The molecule has 0 unspecified atom stereocenters. The number of piperazine rings is 1. The van der Waals surface area contributed by atoms with Gasteiger partial charge < -0.3 is 4.90 Å². The molecule has 0 bridgehead atoms. The maximum absolute atomic E-state index is 4.57. The molecule has 2 aliphatic heterocycles. The van der Waals surface area contributed by atoms with E-state index in [9.17, 15) is 0 Å². The first-order chi connectivity index (χ1) is 12.3. The maximum Gasteiger partial charge on any atom is 0.0665 e. The minimum absolute atomic E-state index is 1.12. The lowest BCUT2D eigenvalue weighted by Crippen LogP contribution is -2.46. The van der Waals surface area contributed by atoms with Crippen LogP contribution in [0.15, 0.2) is 24.3 Å². The molecule has 0 amide bonds. The number of H-pyrrole nitrogens is 1. The van der Waals surface area contributed by atoms with Crippen molar-refractivity contribution in [1.29, 1.82) is 0 Å². The van der Waals surface area contributed by atoms with Crippen molar-refractivity contribution in [1.82, 2.24) is 15.1 Å². The van der Waals surface area contributed by atoms with E-state index in [-0.39, 0.29) is 0 Å². The molecule has 5 heteroatoms. The van der Waals surface area contributed by atoms with Gasteiger partial charge in [-0.1, -0.05) is 17.7 Å². The zero-order valence-electron chi connectivity index (χ0n) is 15.1. The van der Waals surface area contributed by atoms with Gasteiger partial charge in [-0.2, -0.15) is 16.9 Å². The number of hydrogen-bond acceptors (Lipinski definition) is 4. The number of aromatic amines is 1. The Hall–Kier alpha value is -1.46. The van der Waals surface area contributed by atoms with Gasteiger partial charge >= 0.3 is 0 Å². The van der Waals surface area contributed by atoms with Crippen LogP contribution in [0.1, 0.15) is 28.9 Å². The van der Waals surface area contributed by atoms with E-state index in [0.717, 1.165) is 31.7 Å². The molecule has 1 saturated heterocycles. The molecule has 134 valence electrons. The number of thioether (sulfide) groups is 1. The van der Waals surface area contributed by atoms with Crippen LogP contribution in [-0.4, -0.2) is 53.6 Å². The van der Waals surface area contributed by atoms with E-state index in [4.69, 9.17) is 0 Å². The predicted octanol–water partition coefficient (Wildman–Crippen LogP) is 3.26. The van der Waals surface area contributed by atoms with Gasteiger partial charge in [-0.25, -0.2) is 0 Å². The predicted molar refractivity (Wildman–Crippen MR) is 107 cm³/mol. The van der Waals surface area contributed by atoms with Crippen LogP contribution < -0.4 is 4.90 Å². The minimum Gasteiger partial charge on any atom is -0.369 e. The third-order valence-corrected chi connectivity index (χ3v) is 6.43. The van der Waals surface area contributed by atoms with E-state index in [1.54, 1.807) is 0 Å². The fourth-order valence-corrected chi connectivity index (χ4v) is 4.87. The van der Waals surface area contributed by atoms with Gasteiger partial charge in [-0.3, -0.25) is 10.00 Å². The Morgan fingerprint density at radius 2 is 1.92 bits per heavy atom. The number of hydrogen-bond donors (Lipinski definition) is 1. The lowest BCUT2D eigenvalue weighted by atomic mass is 10.1. The highest BCUT2D eigenvalue weighted by Crippen LogP contribution is 2.26. The molecule has 4 nitrogen and oxygen atoms in total. The Kier molecular flexibility index (Phi) is 5.32. The third kappa shape index (κ3) is 4.04. The van der Waals surface area contributed by atoms with Crippen LogP contribution in [0.5, 0.6) is 0 Å². The molecular weight excluding hydrogens is 328 g/mol. The van der Waals surface area contributed by atoms with Crippen LogP contribution in [-0.2, 0) is 18.6 Å². The first kappa shape index (κ1) is 17.0. The lowest BCUT2D eigenvalue weighted by molar-refractivity contribution is 0.255. The summed E-state index contributed by atoms with van der Waals surface area (Å²) in [6.07, 6.45) is 3.49. The largest absolute Gasteiger partial charge is 0.369 e. The molecule has 4 rings (SSSR count). The fourth-order valence-electron chi connectivity index (χ4n) is 3.83. The second-order valence-corrected chi connectivity index (χ2v) is 8.30. The number of aromatic nitrogens is 2. The lowest BCUT2D eigenvalue weighted by Gasteiger charge is -2.36. The third-order valence-electron chi connectivity index (χ3n) is 5.44. The summed E-state index contributed by atoms with van der Waals surface area (Å²) in [4.78, 5) is 5.12. The Balaban J connectivity index is 1.23. The average molecular weight is 357 g/mol. The van der Waals surface area contributed by atoms with Crippen molar-refractivity contribution in [3.05, 3.63) is 46.8 Å². The summed E-state index contributed by atoms with van der Waals surface area (Å²) in [6, 6.07) is 8.93. The zero-order chi connectivity index (χ0) is 17.1. The Morgan fingerprint density at radius 1 is 1.12 bits per heavy atom. The molecule has 3 heterocycles. The molecule has 2 aliphatic rings. The quantitative estimate of drug-likeness (QED) is 0.892. The minimum atomic E-state index is 1.12. The molecule has 0 spiro atoms. The fraction of sp³-hybridized carbons (Fsp3) is 0.550. The van der Waals surface area contributed by atoms with Gasteiger partial charge in [0.05, 0.1) is 5.69 Å². The molecule has 25 heavy (non-hydrogen) atoms. The van der Waals surface area contributed by atoms with Gasteiger partial charge in [-0.05, 0) is 50.6 Å². The Labute approximate surface area is 155 Å². The summed E-state index contributed by atoms with van der Waals surface area (Å²) in [5.41, 5.74) is 6.91. The van der Waals surface area contributed by atoms with E-state index in [1.165, 1.54) is 60.0 Å². The number of rotatable bonds is 5. The first-order valence-corrected chi connectivity index (χ1v) is 10.6. The highest BCUT2D eigenvalue weighted by atomic mass is 32.2. The molecule has 0 radical (unpaired) electrons. The number of anilines is 1. The van der Waals surface area contributed by atoms with Crippen molar-refractivity contribution >= 4 is 17.4 Å². The topological polar surface area (TPSA) is 35.2 Å². The van der Waals surface area contributed by atoms with Gasteiger partial charge in [-0.15, -0.1) is 0 Å². The number of fused-ring (bicyclic) bond motifs is 1. The van der Waals surface area contributed by atoms with Crippen LogP contribution in [0.3, 0.4) is 0 Å². The SMILES string of the molecule is Cc1ccc(N2CCN(CCCc3n[nH]c4c3CSCC4)CC2)cc1. The number of nitrogens with zero attached hydrogens (tertiary/aromatic N) is 3. The second kappa shape index (κ2) is 7.83. The summed E-state index contributed by atoms with van der Waals surface area (Å²) in [5.74, 6) is 2.39. The molecule has 1 aromatic heterocycles. The van der Waals surface area contributed by atoms with Gasteiger partial charge in [0.1, 0.15) is 0 Å². The van der Waals surface area contributed by atoms with Crippen LogP contribution >= 0.6 is 11.8 Å². The Bertz CT molecular complexity index is 686. The van der Waals surface area contributed by atoms with Gasteiger partial charge in [0.25, 0.3) is 0 Å². The van der Waals surface area contributed by atoms with E-state index in [2.05, 4.69) is 51.2 Å². The van der Waals surface area contributed by atoms with E-state index < -0.39 is 0 Å². The van der Waals surface area contributed by atoms with Crippen molar-refractivity contribution in [2.45, 2.75) is 31.9 Å². The normalized spacial score (nSPS) is 18.4. The smallest absolute Gasteiger partial charge is 0.0665 e. The van der Waals surface area contributed by atoms with Crippen molar-refractivity contribution in [2.24, 2.45) is 0 Å². The van der Waals surface area contributed by atoms with E-state index in [1.807, 2.05) is 11.8 Å². The first-order valence-electron chi connectivity index (χ1n) is 9.46. The zero-order valence-corrected chi connectivity index (χ0v) is 15.9. The van der Waals surface area contributed by atoms with Gasteiger partial charge in [0, 0.05) is 48.9 Å². The van der Waals surface area contributed by atoms with Gasteiger partial charge in [0.15, 0.2) is 0 Å². The highest BCUT2D eigenvalue weighted by Gasteiger charge is 2.19. The number of nitrogens with one attached hydrogen (secondary N) is 1. The van der Waals surface area contributed by atoms with Crippen LogP contribution in [0.25, 0.3) is 0 Å². The van der Waals surface area contributed by atoms with Gasteiger partial charge in [0.2, 0.25) is 0 Å². The molecule has 0 aliphatic carbocycles. The van der Waals surface area contributed by atoms with Crippen LogP contribution in [0, 0.1) is 6.92 Å². The monoisotopic (exact) mass is 356 g/mol. The molecule has 1 N–H and O–H groups in total.